The van der Waals surface area contributed by atoms with Gasteiger partial charge in [0.25, 0.3) is 10.2 Å². The Bertz CT molecular complexity index is 352. The Morgan fingerprint density at radius 2 is 2.12 bits per heavy atom. The van der Waals surface area contributed by atoms with Crippen molar-refractivity contribution in [2.24, 2.45) is 17.6 Å². The van der Waals surface area contributed by atoms with E-state index in [-0.39, 0.29) is 6.04 Å². The van der Waals surface area contributed by atoms with Crippen LogP contribution in [0.2, 0.25) is 0 Å². The van der Waals surface area contributed by atoms with Gasteiger partial charge in [0, 0.05) is 25.7 Å². The van der Waals surface area contributed by atoms with Gasteiger partial charge in [0.1, 0.15) is 0 Å². The molecule has 1 atom stereocenters. The molecule has 0 amide bonds. The highest BCUT2D eigenvalue weighted by molar-refractivity contribution is 7.87. The highest BCUT2D eigenvalue weighted by Crippen LogP contribution is 2.25. The lowest BCUT2D eigenvalue weighted by atomic mass is 9.81. The van der Waals surface area contributed by atoms with Crippen LogP contribution in [-0.4, -0.2) is 38.4 Å². The first-order valence-electron chi connectivity index (χ1n) is 6.47. The maximum Gasteiger partial charge on any atom is 0.279 e. The molecule has 1 heterocycles. The zero-order valence-electron chi connectivity index (χ0n) is 10.4. The molecule has 0 bridgehead atoms. The Morgan fingerprint density at radius 1 is 1.41 bits per heavy atom. The molecule has 3 N–H and O–H groups in total. The van der Waals surface area contributed by atoms with Crippen molar-refractivity contribution in [3.05, 3.63) is 0 Å². The molecule has 2 aliphatic rings. The summed E-state index contributed by atoms with van der Waals surface area (Å²) < 4.78 is 28.4. The van der Waals surface area contributed by atoms with Crippen LogP contribution in [0.3, 0.4) is 0 Å². The van der Waals surface area contributed by atoms with E-state index < -0.39 is 10.2 Å². The van der Waals surface area contributed by atoms with Crippen molar-refractivity contribution in [3.63, 3.8) is 0 Å². The first kappa shape index (κ1) is 13.3. The normalized spacial score (nSPS) is 35.5. The molecule has 1 aliphatic heterocycles. The molecular weight excluding hydrogens is 238 g/mol. The molecule has 0 aromatic rings. The molecule has 0 radical (unpaired) electrons. The minimum absolute atomic E-state index is 0.277. The second-order valence-electron chi connectivity index (χ2n) is 5.56. The molecule has 1 saturated heterocycles. The molecule has 2 rings (SSSR count). The number of piperidine rings is 1. The van der Waals surface area contributed by atoms with Gasteiger partial charge in [-0.15, -0.1) is 0 Å². The fourth-order valence-electron chi connectivity index (χ4n) is 2.63. The van der Waals surface area contributed by atoms with Crippen LogP contribution in [0.25, 0.3) is 0 Å². The first-order valence-corrected chi connectivity index (χ1v) is 7.91. The number of hydrogen-bond acceptors (Lipinski definition) is 3. The summed E-state index contributed by atoms with van der Waals surface area (Å²) in [6.07, 6.45) is 3.98. The standard InChI is InChI=1S/C11H23N3O2S/c1-9-3-2-4-14(8-9)17(15,16)13-7-10-5-11(12)6-10/h9-11,13H,2-8,12H2,1H3. The van der Waals surface area contributed by atoms with Crippen LogP contribution in [0.15, 0.2) is 0 Å². The predicted octanol–water partition coefficient (Wildman–Crippen LogP) is 0.290. The number of hydrogen-bond donors (Lipinski definition) is 2. The van der Waals surface area contributed by atoms with E-state index in [1.165, 1.54) is 0 Å². The summed E-state index contributed by atoms with van der Waals surface area (Å²) in [5, 5.41) is 0. The lowest BCUT2D eigenvalue weighted by Gasteiger charge is -2.34. The molecule has 1 saturated carbocycles. The predicted molar refractivity (Wildman–Crippen MR) is 67.6 cm³/mol. The lowest BCUT2D eigenvalue weighted by molar-refractivity contribution is 0.255. The van der Waals surface area contributed by atoms with Crippen LogP contribution < -0.4 is 10.5 Å². The zero-order valence-corrected chi connectivity index (χ0v) is 11.2. The molecule has 0 aromatic carbocycles. The van der Waals surface area contributed by atoms with E-state index in [0.717, 1.165) is 25.7 Å². The summed E-state index contributed by atoms with van der Waals surface area (Å²) in [4.78, 5) is 0. The average Bonchev–Trinajstić information content (AvgIpc) is 2.23. The van der Waals surface area contributed by atoms with E-state index in [0.29, 0.717) is 31.5 Å². The molecule has 100 valence electrons. The number of rotatable bonds is 4. The fourth-order valence-corrected chi connectivity index (χ4v) is 4.08. The quantitative estimate of drug-likeness (QED) is 0.764. The van der Waals surface area contributed by atoms with Crippen molar-refractivity contribution in [3.8, 4) is 0 Å². The van der Waals surface area contributed by atoms with E-state index >= 15 is 0 Å². The molecule has 5 nitrogen and oxygen atoms in total. The molecule has 0 spiro atoms. The lowest BCUT2D eigenvalue weighted by Crippen LogP contribution is -2.49. The molecule has 0 aromatic heterocycles. The number of nitrogens with two attached hydrogens (primary N) is 1. The average molecular weight is 261 g/mol. The van der Waals surface area contributed by atoms with Crippen molar-refractivity contribution in [1.29, 1.82) is 0 Å². The van der Waals surface area contributed by atoms with Crippen molar-refractivity contribution in [2.45, 2.75) is 38.6 Å². The minimum atomic E-state index is -3.26. The third-order valence-corrected chi connectivity index (χ3v) is 5.33. The van der Waals surface area contributed by atoms with Gasteiger partial charge in [-0.3, -0.25) is 0 Å². The van der Waals surface area contributed by atoms with Gasteiger partial charge in [0.05, 0.1) is 0 Å². The Labute approximate surface area is 104 Å². The minimum Gasteiger partial charge on any atom is -0.328 e. The van der Waals surface area contributed by atoms with E-state index in [9.17, 15) is 8.42 Å². The summed E-state index contributed by atoms with van der Waals surface area (Å²) in [6.45, 7) is 3.96. The smallest absolute Gasteiger partial charge is 0.279 e. The van der Waals surface area contributed by atoms with Gasteiger partial charge in [-0.1, -0.05) is 6.92 Å². The zero-order chi connectivity index (χ0) is 12.5. The van der Waals surface area contributed by atoms with Crippen LogP contribution in [0.5, 0.6) is 0 Å². The van der Waals surface area contributed by atoms with Gasteiger partial charge >= 0.3 is 0 Å². The Kier molecular flexibility index (Phi) is 4.07. The second kappa shape index (κ2) is 5.22. The fraction of sp³-hybridized carbons (Fsp3) is 1.00. The summed E-state index contributed by atoms with van der Waals surface area (Å²) in [7, 11) is -3.26. The summed E-state index contributed by atoms with van der Waals surface area (Å²) in [5.74, 6) is 0.902. The highest BCUT2D eigenvalue weighted by atomic mass is 32.2. The molecule has 6 heteroatoms. The van der Waals surface area contributed by atoms with Gasteiger partial charge in [0.2, 0.25) is 0 Å². The van der Waals surface area contributed by atoms with E-state index in [1.54, 1.807) is 4.31 Å². The maximum absolute atomic E-state index is 12.0. The first-order chi connectivity index (χ1) is 7.97. The summed E-state index contributed by atoms with van der Waals surface area (Å²) in [6, 6.07) is 0.277. The van der Waals surface area contributed by atoms with Crippen LogP contribution in [0, 0.1) is 11.8 Å². The van der Waals surface area contributed by atoms with Gasteiger partial charge in [-0.2, -0.15) is 12.7 Å². The SMILES string of the molecule is CC1CCCN(S(=O)(=O)NCC2CC(N)C2)C1. The van der Waals surface area contributed by atoms with Crippen LogP contribution in [-0.2, 0) is 10.2 Å². The molecular formula is C11H23N3O2S. The van der Waals surface area contributed by atoms with E-state index in [2.05, 4.69) is 11.6 Å². The highest BCUT2D eigenvalue weighted by Gasteiger charge is 2.30. The Morgan fingerprint density at radius 3 is 2.71 bits per heavy atom. The summed E-state index contributed by atoms with van der Waals surface area (Å²) >= 11 is 0. The molecule has 1 aliphatic carbocycles. The molecule has 2 fully saturated rings. The summed E-state index contributed by atoms with van der Waals surface area (Å²) in [5.41, 5.74) is 5.68. The van der Waals surface area contributed by atoms with Crippen molar-refractivity contribution in [1.82, 2.24) is 9.03 Å². The number of nitrogens with zero attached hydrogens (tertiary/aromatic N) is 1. The van der Waals surface area contributed by atoms with Crippen LogP contribution in [0.1, 0.15) is 32.6 Å². The monoisotopic (exact) mass is 261 g/mol. The van der Waals surface area contributed by atoms with Crippen LogP contribution in [0.4, 0.5) is 0 Å². The number of nitrogens with one attached hydrogen (secondary N) is 1. The maximum atomic E-state index is 12.0. The van der Waals surface area contributed by atoms with E-state index in [4.69, 9.17) is 5.73 Å². The van der Waals surface area contributed by atoms with Crippen LogP contribution >= 0.6 is 0 Å². The van der Waals surface area contributed by atoms with Crippen molar-refractivity contribution in [2.75, 3.05) is 19.6 Å². The third-order valence-electron chi connectivity index (χ3n) is 3.79. The van der Waals surface area contributed by atoms with Crippen molar-refractivity contribution >= 4 is 10.2 Å². The van der Waals surface area contributed by atoms with Crippen molar-refractivity contribution < 1.29 is 8.42 Å². The Hall–Kier alpha value is -0.170. The molecule has 1 unspecified atom stereocenters. The van der Waals surface area contributed by atoms with Gasteiger partial charge in [-0.25, -0.2) is 4.72 Å². The topological polar surface area (TPSA) is 75.4 Å². The third kappa shape index (κ3) is 3.40. The Balaban J connectivity index is 1.81. The van der Waals surface area contributed by atoms with Gasteiger partial charge < -0.3 is 5.73 Å². The molecule has 17 heavy (non-hydrogen) atoms. The largest absolute Gasteiger partial charge is 0.328 e. The van der Waals surface area contributed by atoms with E-state index in [1.807, 2.05) is 0 Å². The van der Waals surface area contributed by atoms with Gasteiger partial charge in [0.15, 0.2) is 0 Å². The van der Waals surface area contributed by atoms with Gasteiger partial charge in [-0.05, 0) is 37.5 Å². The second-order valence-corrected chi connectivity index (χ2v) is 7.31.